The van der Waals surface area contributed by atoms with Crippen LogP contribution in [0, 0.1) is 0 Å². The summed E-state index contributed by atoms with van der Waals surface area (Å²) >= 11 is 3.34. The molecule has 0 aliphatic carbocycles. The number of ether oxygens (including phenoxy) is 1. The smallest absolute Gasteiger partial charge is 0.251 e. The quantitative estimate of drug-likeness (QED) is 0.813. The van der Waals surface area contributed by atoms with E-state index < -0.39 is 0 Å². The van der Waals surface area contributed by atoms with Gasteiger partial charge in [0.05, 0.1) is 7.11 Å². The van der Waals surface area contributed by atoms with Crippen LogP contribution >= 0.6 is 15.9 Å². The Morgan fingerprint density at radius 1 is 1.13 bits per heavy atom. The van der Waals surface area contributed by atoms with E-state index in [-0.39, 0.29) is 24.8 Å². The predicted molar refractivity (Wildman–Crippen MR) is 92.7 cm³/mol. The van der Waals surface area contributed by atoms with Crippen molar-refractivity contribution in [3.05, 3.63) is 58.6 Å². The number of hydrogen-bond acceptors (Lipinski definition) is 3. The molecule has 2 rings (SSSR count). The first-order valence-corrected chi connectivity index (χ1v) is 7.85. The average molecular weight is 377 g/mol. The molecule has 6 heteroatoms. The molecule has 0 saturated carbocycles. The zero-order valence-corrected chi connectivity index (χ0v) is 14.2. The fourth-order valence-corrected chi connectivity index (χ4v) is 2.34. The van der Waals surface area contributed by atoms with Crippen LogP contribution in [0.4, 0.5) is 5.69 Å². The van der Waals surface area contributed by atoms with Crippen molar-refractivity contribution in [2.45, 2.75) is 6.42 Å². The van der Waals surface area contributed by atoms with E-state index in [0.717, 1.165) is 4.47 Å². The fraction of sp³-hybridized carbons (Fsp3) is 0.176. The molecule has 0 spiro atoms. The summed E-state index contributed by atoms with van der Waals surface area (Å²) in [6.45, 7) is 0.260. The number of nitrogens with one attached hydrogen (secondary N) is 2. The van der Waals surface area contributed by atoms with Gasteiger partial charge in [0, 0.05) is 28.7 Å². The maximum atomic E-state index is 12.0. The van der Waals surface area contributed by atoms with Crippen molar-refractivity contribution in [2.75, 3.05) is 19.0 Å². The Bertz CT molecular complexity index is 704. The van der Waals surface area contributed by atoms with Gasteiger partial charge in [-0.25, -0.2) is 0 Å². The van der Waals surface area contributed by atoms with Gasteiger partial charge in [-0.3, -0.25) is 9.59 Å². The first kappa shape index (κ1) is 17.0. The number of anilines is 1. The van der Waals surface area contributed by atoms with Gasteiger partial charge < -0.3 is 15.4 Å². The number of benzene rings is 2. The van der Waals surface area contributed by atoms with Gasteiger partial charge in [0.25, 0.3) is 5.91 Å². The lowest BCUT2D eigenvalue weighted by Gasteiger charge is -2.08. The third-order valence-corrected chi connectivity index (χ3v) is 3.57. The molecule has 120 valence electrons. The molecule has 0 radical (unpaired) electrons. The minimum absolute atomic E-state index is 0.158. The zero-order valence-electron chi connectivity index (χ0n) is 12.6. The standard InChI is InChI=1S/C17H17BrN2O3/c1-23-15-7-2-4-12(10-15)17(22)19-9-8-16(21)20-14-6-3-5-13(18)11-14/h2-7,10-11H,8-9H2,1H3,(H,19,22)(H,20,21). The van der Waals surface area contributed by atoms with Crippen LogP contribution in [-0.2, 0) is 4.79 Å². The Hall–Kier alpha value is -2.34. The Labute approximate surface area is 143 Å². The van der Waals surface area contributed by atoms with Crippen LogP contribution in [0.1, 0.15) is 16.8 Å². The van der Waals surface area contributed by atoms with E-state index in [1.54, 1.807) is 37.4 Å². The van der Waals surface area contributed by atoms with Gasteiger partial charge in [-0.2, -0.15) is 0 Å². The van der Waals surface area contributed by atoms with E-state index in [4.69, 9.17) is 4.74 Å². The maximum absolute atomic E-state index is 12.0. The molecule has 0 fully saturated rings. The van der Waals surface area contributed by atoms with Crippen molar-refractivity contribution in [3.63, 3.8) is 0 Å². The first-order valence-electron chi connectivity index (χ1n) is 7.06. The Morgan fingerprint density at radius 2 is 1.91 bits per heavy atom. The molecule has 0 aromatic heterocycles. The second-order valence-electron chi connectivity index (χ2n) is 4.80. The summed E-state index contributed by atoms with van der Waals surface area (Å²) in [4.78, 5) is 23.8. The summed E-state index contributed by atoms with van der Waals surface area (Å²) in [5.41, 5.74) is 1.21. The number of halogens is 1. The summed E-state index contributed by atoms with van der Waals surface area (Å²) in [5.74, 6) is 0.221. The summed E-state index contributed by atoms with van der Waals surface area (Å²) in [5, 5.41) is 5.49. The Kier molecular flexibility index (Phi) is 6.17. The molecule has 2 aromatic rings. The summed E-state index contributed by atoms with van der Waals surface area (Å²) in [6, 6.07) is 14.2. The van der Waals surface area contributed by atoms with Gasteiger partial charge in [-0.15, -0.1) is 0 Å². The summed E-state index contributed by atoms with van der Waals surface area (Å²) in [7, 11) is 1.54. The highest BCUT2D eigenvalue weighted by Crippen LogP contribution is 2.15. The third kappa shape index (κ3) is 5.41. The van der Waals surface area contributed by atoms with Gasteiger partial charge in [0.1, 0.15) is 5.75 Å². The topological polar surface area (TPSA) is 67.4 Å². The molecule has 0 aliphatic heterocycles. The van der Waals surface area contributed by atoms with E-state index in [1.807, 2.05) is 18.2 Å². The summed E-state index contributed by atoms with van der Waals surface area (Å²) in [6.07, 6.45) is 0.197. The molecule has 0 aliphatic rings. The normalized spacial score (nSPS) is 10.0. The second kappa shape index (κ2) is 8.33. The lowest BCUT2D eigenvalue weighted by atomic mass is 10.2. The highest BCUT2D eigenvalue weighted by atomic mass is 79.9. The van der Waals surface area contributed by atoms with Crippen molar-refractivity contribution < 1.29 is 14.3 Å². The van der Waals surface area contributed by atoms with Gasteiger partial charge >= 0.3 is 0 Å². The molecule has 0 saturated heterocycles. The third-order valence-electron chi connectivity index (χ3n) is 3.08. The van der Waals surface area contributed by atoms with Crippen molar-refractivity contribution >= 4 is 33.4 Å². The molecule has 0 atom stereocenters. The van der Waals surface area contributed by atoms with Crippen LogP contribution < -0.4 is 15.4 Å². The largest absolute Gasteiger partial charge is 0.497 e. The molecule has 2 N–H and O–H groups in total. The van der Waals surface area contributed by atoms with Crippen molar-refractivity contribution in [2.24, 2.45) is 0 Å². The number of amides is 2. The number of rotatable bonds is 6. The van der Waals surface area contributed by atoms with Crippen LogP contribution in [-0.4, -0.2) is 25.5 Å². The molecule has 0 bridgehead atoms. The van der Waals surface area contributed by atoms with Gasteiger partial charge in [-0.05, 0) is 36.4 Å². The van der Waals surface area contributed by atoms with Crippen molar-refractivity contribution in [3.8, 4) is 5.75 Å². The molecule has 2 aromatic carbocycles. The monoisotopic (exact) mass is 376 g/mol. The van der Waals surface area contributed by atoms with Crippen LogP contribution in [0.25, 0.3) is 0 Å². The second-order valence-corrected chi connectivity index (χ2v) is 5.71. The number of carbonyl (C=O) groups is 2. The molecular formula is C17H17BrN2O3. The molecule has 0 unspecified atom stereocenters. The highest BCUT2D eigenvalue weighted by molar-refractivity contribution is 9.10. The highest BCUT2D eigenvalue weighted by Gasteiger charge is 2.08. The van der Waals surface area contributed by atoms with Crippen LogP contribution in [0.15, 0.2) is 53.0 Å². The van der Waals surface area contributed by atoms with Gasteiger partial charge in [0.2, 0.25) is 5.91 Å². The minimum atomic E-state index is -0.237. The average Bonchev–Trinajstić information content (AvgIpc) is 2.54. The Balaban J connectivity index is 1.79. The van der Waals surface area contributed by atoms with Crippen molar-refractivity contribution in [1.29, 1.82) is 0 Å². The van der Waals surface area contributed by atoms with E-state index in [2.05, 4.69) is 26.6 Å². The van der Waals surface area contributed by atoms with Gasteiger partial charge in [0.15, 0.2) is 0 Å². The van der Waals surface area contributed by atoms with E-state index in [0.29, 0.717) is 17.0 Å². The lowest BCUT2D eigenvalue weighted by Crippen LogP contribution is -2.27. The number of hydrogen-bond donors (Lipinski definition) is 2. The predicted octanol–water partition coefficient (Wildman–Crippen LogP) is 3.22. The lowest BCUT2D eigenvalue weighted by molar-refractivity contribution is -0.116. The van der Waals surface area contributed by atoms with Crippen LogP contribution in [0.2, 0.25) is 0 Å². The number of methoxy groups -OCH3 is 1. The van der Waals surface area contributed by atoms with Gasteiger partial charge in [-0.1, -0.05) is 28.1 Å². The first-order chi connectivity index (χ1) is 11.1. The molecule has 2 amide bonds. The maximum Gasteiger partial charge on any atom is 0.251 e. The molecule has 0 heterocycles. The molecule has 5 nitrogen and oxygen atoms in total. The van der Waals surface area contributed by atoms with E-state index in [1.165, 1.54) is 0 Å². The molecule has 23 heavy (non-hydrogen) atoms. The fourth-order valence-electron chi connectivity index (χ4n) is 1.95. The summed E-state index contributed by atoms with van der Waals surface area (Å²) < 4.78 is 5.97. The SMILES string of the molecule is COc1cccc(C(=O)NCCC(=O)Nc2cccc(Br)c2)c1. The Morgan fingerprint density at radius 3 is 2.65 bits per heavy atom. The van der Waals surface area contributed by atoms with Crippen LogP contribution in [0.5, 0.6) is 5.75 Å². The zero-order chi connectivity index (χ0) is 16.7. The molecular weight excluding hydrogens is 360 g/mol. The van der Waals surface area contributed by atoms with E-state index >= 15 is 0 Å². The number of carbonyl (C=O) groups excluding carboxylic acids is 2. The minimum Gasteiger partial charge on any atom is -0.497 e. The van der Waals surface area contributed by atoms with Crippen LogP contribution in [0.3, 0.4) is 0 Å². The van der Waals surface area contributed by atoms with E-state index in [9.17, 15) is 9.59 Å². The van der Waals surface area contributed by atoms with Crippen molar-refractivity contribution in [1.82, 2.24) is 5.32 Å².